The maximum absolute atomic E-state index is 3.70. The molecule has 0 aromatic heterocycles. The third kappa shape index (κ3) is 10.4. The zero-order valence-corrected chi connectivity index (χ0v) is 15.2. The average Bonchev–Trinajstić information content (AvgIpc) is 2.21. The molecule has 0 aliphatic rings. The van der Waals surface area contributed by atoms with Gasteiger partial charge in [-0.3, -0.25) is 0 Å². The minimum atomic E-state index is -1.06. The van der Waals surface area contributed by atoms with Crippen LogP contribution >= 0.6 is 0 Å². The van der Waals surface area contributed by atoms with Gasteiger partial charge in [-0.1, -0.05) is 0 Å². The van der Waals surface area contributed by atoms with Crippen molar-refractivity contribution in [2.75, 3.05) is 0 Å². The molecule has 0 bridgehead atoms. The predicted molar refractivity (Wildman–Crippen MR) is 78.5 cm³/mol. The second-order valence-electron chi connectivity index (χ2n) is 6.98. The molecule has 0 aromatic rings. The molecule has 0 nitrogen and oxygen atoms in total. The van der Waals surface area contributed by atoms with Gasteiger partial charge in [0.25, 0.3) is 0 Å². The van der Waals surface area contributed by atoms with E-state index in [1.54, 1.807) is 0 Å². The summed E-state index contributed by atoms with van der Waals surface area (Å²) in [7, 11) is 0. The molecule has 0 saturated carbocycles. The third-order valence-corrected chi connectivity index (χ3v) is 10.0. The van der Waals surface area contributed by atoms with Gasteiger partial charge in [-0.15, -0.1) is 0 Å². The molecule has 0 N–H and O–H groups in total. The Kier molecular flexibility index (Phi) is 9.17. The standard InChI is InChI=1S/C15H33Si.Cr/c1-13(2)7-10-16(11-8-14(3)4)12-9-15(5)6;/h13-15H,7-12H2,1-6H3;. The molecule has 2 heteroatoms. The van der Waals surface area contributed by atoms with Crippen LogP contribution in [0.5, 0.6) is 0 Å². The molecular weight excluding hydrogens is 260 g/mol. The maximum atomic E-state index is 3.70. The first-order chi connectivity index (χ1) is 7.75. The van der Waals surface area contributed by atoms with Gasteiger partial charge in [0.05, 0.1) is 0 Å². The van der Waals surface area contributed by atoms with Crippen molar-refractivity contribution in [1.29, 1.82) is 0 Å². The van der Waals surface area contributed by atoms with Crippen molar-refractivity contribution in [3.63, 3.8) is 0 Å². The molecule has 17 heavy (non-hydrogen) atoms. The van der Waals surface area contributed by atoms with Crippen LogP contribution in [0.15, 0.2) is 0 Å². The van der Waals surface area contributed by atoms with Gasteiger partial charge in [0, 0.05) is 0 Å². The molecule has 103 valence electrons. The van der Waals surface area contributed by atoms with Crippen LogP contribution < -0.4 is 0 Å². The van der Waals surface area contributed by atoms with Crippen LogP contribution in [0.2, 0.25) is 18.1 Å². The molecule has 0 heterocycles. The van der Waals surface area contributed by atoms with Gasteiger partial charge in [-0.2, -0.15) is 0 Å². The van der Waals surface area contributed by atoms with E-state index < -0.39 is 6.63 Å². The Morgan fingerprint density at radius 2 is 0.882 bits per heavy atom. The Labute approximate surface area is 119 Å². The van der Waals surface area contributed by atoms with E-state index >= 15 is 0 Å². The van der Waals surface area contributed by atoms with Crippen molar-refractivity contribution >= 4 is 6.63 Å². The van der Waals surface area contributed by atoms with Gasteiger partial charge in [0.15, 0.2) is 0 Å². The molecule has 0 radical (unpaired) electrons. The van der Waals surface area contributed by atoms with Gasteiger partial charge in [0.2, 0.25) is 0 Å². The fourth-order valence-electron chi connectivity index (χ4n) is 2.03. The van der Waals surface area contributed by atoms with Crippen LogP contribution in [0.1, 0.15) is 60.8 Å². The van der Waals surface area contributed by atoms with E-state index in [9.17, 15) is 0 Å². The summed E-state index contributed by atoms with van der Waals surface area (Å²) >= 11 is 3.70. The normalized spacial score (nSPS) is 13.0. The fourth-order valence-corrected chi connectivity index (χ4v) is 7.75. The molecular formula is C15H33CrSi. The molecule has 0 saturated heterocycles. The molecule has 0 aromatic carbocycles. The quantitative estimate of drug-likeness (QED) is 0.484. The van der Waals surface area contributed by atoms with Crippen molar-refractivity contribution in [2.45, 2.75) is 78.9 Å². The van der Waals surface area contributed by atoms with E-state index in [1.165, 1.54) is 37.4 Å². The summed E-state index contributed by atoms with van der Waals surface area (Å²) < 4.78 is 0. The van der Waals surface area contributed by atoms with Crippen molar-refractivity contribution in [1.82, 2.24) is 0 Å². The van der Waals surface area contributed by atoms with E-state index in [2.05, 4.69) is 57.2 Å². The number of hydrogen-bond donors (Lipinski definition) is 0. The monoisotopic (exact) mass is 293 g/mol. The van der Waals surface area contributed by atoms with E-state index in [0.717, 1.165) is 17.8 Å². The van der Waals surface area contributed by atoms with E-state index in [-0.39, 0.29) is 0 Å². The van der Waals surface area contributed by atoms with E-state index in [1.807, 2.05) is 0 Å². The number of rotatable bonds is 9. The predicted octanol–water partition coefficient (Wildman–Crippen LogP) is 5.62. The average molecular weight is 294 g/mol. The van der Waals surface area contributed by atoms with Crippen molar-refractivity contribution < 1.29 is 15.6 Å². The fraction of sp³-hybridized carbons (Fsp3) is 1.00. The molecule has 0 rings (SSSR count). The van der Waals surface area contributed by atoms with Gasteiger partial charge in [0.1, 0.15) is 0 Å². The Morgan fingerprint density at radius 3 is 1.06 bits per heavy atom. The summed E-state index contributed by atoms with van der Waals surface area (Å²) in [6.07, 6.45) is 4.28. The Balaban J connectivity index is 4.23. The topological polar surface area (TPSA) is 0 Å². The van der Waals surface area contributed by atoms with Gasteiger partial charge < -0.3 is 0 Å². The van der Waals surface area contributed by atoms with Gasteiger partial charge >= 0.3 is 119 Å². The third-order valence-electron chi connectivity index (χ3n) is 3.53. The summed E-state index contributed by atoms with van der Waals surface area (Å²) in [4.78, 5) is 0. The molecule has 0 spiro atoms. The Hall–Kier alpha value is 0.749. The van der Waals surface area contributed by atoms with E-state index in [0.29, 0.717) is 0 Å². The Bertz CT molecular complexity index is 156. The summed E-state index contributed by atoms with van der Waals surface area (Å²) in [6, 6.07) is 4.51. The second kappa shape index (κ2) is 8.78. The van der Waals surface area contributed by atoms with Crippen LogP contribution in [0.4, 0.5) is 0 Å². The van der Waals surface area contributed by atoms with Crippen molar-refractivity contribution in [3.8, 4) is 0 Å². The van der Waals surface area contributed by atoms with Crippen LogP contribution in [0, 0.1) is 17.8 Å². The first kappa shape index (κ1) is 17.7. The van der Waals surface area contributed by atoms with Crippen LogP contribution in [0.3, 0.4) is 0 Å². The van der Waals surface area contributed by atoms with E-state index in [4.69, 9.17) is 0 Å². The molecule has 0 amide bonds. The summed E-state index contributed by atoms with van der Waals surface area (Å²) in [6.45, 7) is 13.1. The van der Waals surface area contributed by atoms with Crippen LogP contribution in [-0.2, 0) is 15.6 Å². The molecule has 0 aliphatic carbocycles. The minimum absolute atomic E-state index is 0.869. The first-order valence-corrected chi connectivity index (χ1v) is 11.9. The summed E-state index contributed by atoms with van der Waals surface area (Å²) in [5, 5.41) is 0. The SMILES string of the molecule is CC(C)CC[Si]([Cr])(CCC(C)C)CCC(C)C. The molecule has 0 unspecified atom stereocenters. The molecule has 0 atom stereocenters. The molecule has 0 aliphatic heterocycles. The van der Waals surface area contributed by atoms with Crippen molar-refractivity contribution in [2.24, 2.45) is 17.8 Å². The Morgan fingerprint density at radius 1 is 0.647 bits per heavy atom. The summed E-state index contributed by atoms with van der Waals surface area (Å²) in [5.41, 5.74) is 0. The summed E-state index contributed by atoms with van der Waals surface area (Å²) in [5.74, 6) is 2.61. The van der Waals surface area contributed by atoms with Gasteiger partial charge in [-0.05, 0) is 0 Å². The van der Waals surface area contributed by atoms with Crippen LogP contribution in [-0.4, -0.2) is 6.63 Å². The zero-order chi connectivity index (χ0) is 13.5. The number of hydrogen-bond acceptors (Lipinski definition) is 0. The van der Waals surface area contributed by atoms with Gasteiger partial charge in [-0.25, -0.2) is 0 Å². The second-order valence-corrected chi connectivity index (χ2v) is 14.9. The van der Waals surface area contributed by atoms with Crippen LogP contribution in [0.25, 0.3) is 0 Å². The first-order valence-electron chi connectivity index (χ1n) is 7.45. The zero-order valence-electron chi connectivity index (χ0n) is 12.9. The molecule has 0 fully saturated rings. The van der Waals surface area contributed by atoms with Crippen molar-refractivity contribution in [3.05, 3.63) is 0 Å².